The molecule has 2 rings (SSSR count). The summed E-state index contributed by atoms with van der Waals surface area (Å²) in [5.74, 6) is 0. The van der Waals surface area contributed by atoms with Gasteiger partial charge in [0.05, 0.1) is 17.3 Å². The van der Waals surface area contributed by atoms with Crippen LogP contribution < -0.4 is 0 Å². The summed E-state index contributed by atoms with van der Waals surface area (Å²) in [6, 6.07) is 5.27. The van der Waals surface area contributed by atoms with Gasteiger partial charge in [0.25, 0.3) is 0 Å². The number of aliphatic hydroxyl groups is 1. The second kappa shape index (κ2) is 4.49. The van der Waals surface area contributed by atoms with Crippen molar-refractivity contribution in [1.82, 2.24) is 4.98 Å². The SMILES string of the molecule is OCc1csc(-c2ccc(Cl)cc2Cl)n1. The van der Waals surface area contributed by atoms with Gasteiger partial charge in [0, 0.05) is 16.0 Å². The molecule has 0 radical (unpaired) electrons. The maximum atomic E-state index is 8.90. The number of halogens is 2. The number of thiazole rings is 1. The average Bonchev–Trinajstić information content (AvgIpc) is 2.66. The van der Waals surface area contributed by atoms with Crippen molar-refractivity contribution in [2.75, 3.05) is 0 Å². The maximum Gasteiger partial charge on any atom is 0.125 e. The van der Waals surface area contributed by atoms with Crippen LogP contribution in [0.4, 0.5) is 0 Å². The van der Waals surface area contributed by atoms with Crippen molar-refractivity contribution < 1.29 is 5.11 Å². The van der Waals surface area contributed by atoms with E-state index in [2.05, 4.69) is 4.98 Å². The van der Waals surface area contributed by atoms with E-state index in [1.807, 2.05) is 6.07 Å². The molecule has 0 aliphatic heterocycles. The Labute approximate surface area is 101 Å². The number of aliphatic hydroxyl groups excluding tert-OH is 1. The minimum absolute atomic E-state index is 0.0539. The average molecular weight is 260 g/mol. The minimum Gasteiger partial charge on any atom is -0.390 e. The zero-order valence-electron chi connectivity index (χ0n) is 7.58. The van der Waals surface area contributed by atoms with Crippen molar-refractivity contribution in [2.45, 2.75) is 6.61 Å². The third kappa shape index (κ3) is 2.32. The quantitative estimate of drug-likeness (QED) is 0.894. The second-order valence-corrected chi connectivity index (χ2v) is 4.63. The number of hydrogen-bond acceptors (Lipinski definition) is 3. The molecule has 1 aromatic heterocycles. The van der Waals surface area contributed by atoms with E-state index in [4.69, 9.17) is 28.3 Å². The Morgan fingerprint density at radius 2 is 2.13 bits per heavy atom. The van der Waals surface area contributed by atoms with E-state index in [1.165, 1.54) is 11.3 Å². The maximum absolute atomic E-state index is 8.90. The van der Waals surface area contributed by atoms with Crippen LogP contribution in [0.3, 0.4) is 0 Å². The normalized spacial score (nSPS) is 10.6. The molecule has 0 amide bonds. The van der Waals surface area contributed by atoms with Crippen LogP contribution in [-0.4, -0.2) is 10.1 Å². The molecule has 0 aliphatic rings. The first-order valence-electron chi connectivity index (χ1n) is 4.21. The van der Waals surface area contributed by atoms with Crippen LogP contribution in [0, 0.1) is 0 Å². The van der Waals surface area contributed by atoms with Crippen molar-refractivity contribution in [2.24, 2.45) is 0 Å². The van der Waals surface area contributed by atoms with Gasteiger partial charge in [-0.3, -0.25) is 0 Å². The predicted octanol–water partition coefficient (Wildman–Crippen LogP) is 3.61. The number of aromatic nitrogens is 1. The fourth-order valence-corrected chi connectivity index (χ4v) is 2.57. The molecule has 0 aliphatic carbocycles. The molecule has 5 heteroatoms. The van der Waals surface area contributed by atoms with Gasteiger partial charge >= 0.3 is 0 Å². The predicted molar refractivity (Wildman–Crippen MR) is 63.5 cm³/mol. The minimum atomic E-state index is -0.0539. The Hall–Kier alpha value is -0.610. The summed E-state index contributed by atoms with van der Waals surface area (Å²) in [7, 11) is 0. The Kier molecular flexibility index (Phi) is 3.26. The van der Waals surface area contributed by atoms with Crippen molar-refractivity contribution in [3.8, 4) is 10.6 Å². The molecule has 1 heterocycles. The molecular weight excluding hydrogens is 253 g/mol. The van der Waals surface area contributed by atoms with Gasteiger partial charge in [-0.2, -0.15) is 0 Å². The summed E-state index contributed by atoms with van der Waals surface area (Å²) in [6.07, 6.45) is 0. The van der Waals surface area contributed by atoms with E-state index in [9.17, 15) is 0 Å². The molecule has 0 saturated heterocycles. The van der Waals surface area contributed by atoms with Gasteiger partial charge in [-0.05, 0) is 18.2 Å². The summed E-state index contributed by atoms with van der Waals surface area (Å²) in [4.78, 5) is 4.23. The van der Waals surface area contributed by atoms with Gasteiger partial charge in [-0.15, -0.1) is 11.3 Å². The van der Waals surface area contributed by atoms with Crippen LogP contribution in [0.5, 0.6) is 0 Å². The molecule has 0 atom stereocenters. The van der Waals surface area contributed by atoms with E-state index in [1.54, 1.807) is 17.5 Å². The third-order valence-electron chi connectivity index (χ3n) is 1.88. The van der Waals surface area contributed by atoms with Crippen molar-refractivity contribution >= 4 is 34.5 Å². The molecule has 0 unspecified atom stereocenters. The Bertz CT molecular complexity index is 484. The lowest BCUT2D eigenvalue weighted by molar-refractivity contribution is 0.278. The first kappa shape index (κ1) is 10.9. The number of nitrogens with zero attached hydrogens (tertiary/aromatic N) is 1. The fourth-order valence-electron chi connectivity index (χ4n) is 1.17. The number of benzene rings is 1. The summed E-state index contributed by atoms with van der Waals surface area (Å²) in [6.45, 7) is -0.0539. The van der Waals surface area contributed by atoms with Gasteiger partial charge in [0.15, 0.2) is 0 Å². The highest BCUT2D eigenvalue weighted by Crippen LogP contribution is 2.32. The van der Waals surface area contributed by atoms with E-state index in [0.29, 0.717) is 15.7 Å². The Balaban J connectivity index is 2.44. The number of hydrogen-bond donors (Lipinski definition) is 1. The summed E-state index contributed by atoms with van der Waals surface area (Å²) >= 11 is 13.3. The number of rotatable bonds is 2. The van der Waals surface area contributed by atoms with Gasteiger partial charge in [-0.1, -0.05) is 23.2 Å². The highest BCUT2D eigenvalue weighted by Gasteiger charge is 2.08. The topological polar surface area (TPSA) is 33.1 Å². The lowest BCUT2D eigenvalue weighted by Gasteiger charge is -2.00. The molecule has 0 saturated carbocycles. The standard InChI is InChI=1S/C10H7Cl2NOS/c11-6-1-2-8(9(12)3-6)10-13-7(4-14)5-15-10/h1-3,5,14H,4H2. The molecule has 15 heavy (non-hydrogen) atoms. The van der Waals surface area contributed by atoms with E-state index >= 15 is 0 Å². The Morgan fingerprint density at radius 1 is 1.33 bits per heavy atom. The van der Waals surface area contributed by atoms with Gasteiger partial charge in [0.2, 0.25) is 0 Å². The molecule has 0 bridgehead atoms. The lowest BCUT2D eigenvalue weighted by Crippen LogP contribution is -1.83. The van der Waals surface area contributed by atoms with Crippen LogP contribution in [0.1, 0.15) is 5.69 Å². The van der Waals surface area contributed by atoms with Crippen LogP contribution in [-0.2, 0) is 6.61 Å². The molecule has 1 aromatic carbocycles. The molecule has 2 aromatic rings. The monoisotopic (exact) mass is 259 g/mol. The van der Waals surface area contributed by atoms with Crippen LogP contribution in [0.2, 0.25) is 10.0 Å². The first-order chi connectivity index (χ1) is 7.20. The summed E-state index contributed by atoms with van der Waals surface area (Å²) in [5, 5.41) is 12.7. The van der Waals surface area contributed by atoms with Gasteiger partial charge in [-0.25, -0.2) is 4.98 Å². The second-order valence-electron chi connectivity index (χ2n) is 2.93. The van der Waals surface area contributed by atoms with Gasteiger partial charge in [0.1, 0.15) is 5.01 Å². The van der Waals surface area contributed by atoms with Crippen LogP contribution in [0.25, 0.3) is 10.6 Å². The lowest BCUT2D eigenvalue weighted by atomic mass is 10.2. The van der Waals surface area contributed by atoms with Crippen LogP contribution in [0.15, 0.2) is 23.6 Å². The summed E-state index contributed by atoms with van der Waals surface area (Å²) in [5.41, 5.74) is 1.49. The largest absolute Gasteiger partial charge is 0.390 e. The molecule has 0 fully saturated rings. The van der Waals surface area contributed by atoms with E-state index in [-0.39, 0.29) is 6.61 Å². The first-order valence-corrected chi connectivity index (χ1v) is 5.85. The fraction of sp³-hybridized carbons (Fsp3) is 0.100. The van der Waals surface area contributed by atoms with Crippen molar-refractivity contribution in [1.29, 1.82) is 0 Å². The van der Waals surface area contributed by atoms with Crippen molar-refractivity contribution in [3.63, 3.8) is 0 Å². The Morgan fingerprint density at radius 3 is 2.73 bits per heavy atom. The van der Waals surface area contributed by atoms with Gasteiger partial charge < -0.3 is 5.11 Å². The highest BCUT2D eigenvalue weighted by molar-refractivity contribution is 7.13. The molecule has 2 nitrogen and oxygen atoms in total. The van der Waals surface area contributed by atoms with Crippen LogP contribution >= 0.6 is 34.5 Å². The molecular formula is C10H7Cl2NOS. The van der Waals surface area contributed by atoms with E-state index < -0.39 is 0 Å². The highest BCUT2D eigenvalue weighted by atomic mass is 35.5. The zero-order valence-corrected chi connectivity index (χ0v) is 9.90. The summed E-state index contributed by atoms with van der Waals surface area (Å²) < 4.78 is 0. The smallest absolute Gasteiger partial charge is 0.125 e. The molecule has 0 spiro atoms. The third-order valence-corrected chi connectivity index (χ3v) is 3.35. The molecule has 1 N–H and O–H groups in total. The zero-order chi connectivity index (χ0) is 10.8. The van der Waals surface area contributed by atoms with Crippen molar-refractivity contribution in [3.05, 3.63) is 39.3 Å². The van der Waals surface area contributed by atoms with E-state index in [0.717, 1.165) is 10.6 Å². The molecule has 78 valence electrons.